The molecular weight excluding hydrogens is 394 g/mol. The molecule has 1 aromatic heterocycles. The highest BCUT2D eigenvalue weighted by Crippen LogP contribution is 2.25. The second kappa shape index (κ2) is 9.42. The number of hydrogen-bond acceptors (Lipinski definition) is 8. The zero-order chi connectivity index (χ0) is 20.6. The number of carbonyl (C=O) groups is 2. The summed E-state index contributed by atoms with van der Waals surface area (Å²) in [6.07, 6.45) is 1.39. The third kappa shape index (κ3) is 5.59. The Morgan fingerprint density at radius 2 is 2.00 bits per heavy atom. The van der Waals surface area contributed by atoms with Crippen LogP contribution in [-0.2, 0) is 11.2 Å². The van der Waals surface area contributed by atoms with Gasteiger partial charge in [0.1, 0.15) is 5.01 Å². The zero-order valence-electron chi connectivity index (χ0n) is 15.3. The number of aromatic hydroxyl groups is 1. The number of hydrogen-bond donors (Lipinski definition) is 3. The lowest BCUT2D eigenvalue weighted by Gasteiger charge is -2.03. The van der Waals surface area contributed by atoms with E-state index in [0.717, 1.165) is 11.3 Å². The Hall–Kier alpha value is -3.79. The Morgan fingerprint density at radius 1 is 1.21 bits per heavy atom. The van der Waals surface area contributed by atoms with Crippen LogP contribution < -0.4 is 15.5 Å². The first-order valence-electron chi connectivity index (χ1n) is 8.43. The highest BCUT2D eigenvalue weighted by Gasteiger charge is 2.12. The fourth-order valence-corrected chi connectivity index (χ4v) is 3.00. The van der Waals surface area contributed by atoms with Crippen LogP contribution in [0, 0.1) is 0 Å². The number of phenols is 1. The second-order valence-electron chi connectivity index (χ2n) is 5.72. The molecule has 3 N–H and O–H groups in total. The van der Waals surface area contributed by atoms with Gasteiger partial charge in [-0.3, -0.25) is 14.9 Å². The summed E-state index contributed by atoms with van der Waals surface area (Å²) in [4.78, 5) is 24.1. The first-order chi connectivity index (χ1) is 14.0. The molecule has 9 nitrogen and oxygen atoms in total. The van der Waals surface area contributed by atoms with Crippen molar-refractivity contribution in [3.63, 3.8) is 0 Å². The molecule has 0 fully saturated rings. The lowest BCUT2D eigenvalue weighted by Crippen LogP contribution is -2.19. The number of amides is 2. The number of anilines is 1. The molecule has 0 spiro atoms. The molecule has 0 aliphatic heterocycles. The van der Waals surface area contributed by atoms with E-state index in [1.54, 1.807) is 36.4 Å². The lowest BCUT2D eigenvalue weighted by atomic mass is 10.2. The minimum Gasteiger partial charge on any atom is -0.504 e. The van der Waals surface area contributed by atoms with Gasteiger partial charge >= 0.3 is 0 Å². The number of nitrogens with zero attached hydrogens (tertiary/aromatic N) is 3. The summed E-state index contributed by atoms with van der Waals surface area (Å²) in [5, 5.41) is 24.6. The van der Waals surface area contributed by atoms with E-state index in [-0.39, 0.29) is 24.0 Å². The van der Waals surface area contributed by atoms with Crippen LogP contribution >= 0.6 is 11.3 Å². The predicted octanol–water partition coefficient (Wildman–Crippen LogP) is 2.20. The Morgan fingerprint density at radius 3 is 2.76 bits per heavy atom. The topological polar surface area (TPSA) is 126 Å². The third-order valence-corrected chi connectivity index (χ3v) is 4.48. The van der Waals surface area contributed by atoms with Crippen molar-refractivity contribution in [3.05, 3.63) is 64.7 Å². The highest BCUT2D eigenvalue weighted by molar-refractivity contribution is 7.15. The molecule has 0 saturated carbocycles. The maximum Gasteiger partial charge on any atom is 0.257 e. The van der Waals surface area contributed by atoms with Crippen LogP contribution in [0.3, 0.4) is 0 Å². The number of nitrogens with one attached hydrogen (secondary N) is 2. The number of aromatic nitrogens is 2. The molecule has 0 saturated heterocycles. The standard InChI is InChI=1S/C19H17N5O4S/c1-28-15-9-12(7-8-14(15)25)11-20-22-16(26)10-17-23-24-19(29-17)21-18(27)13-5-3-2-4-6-13/h2-9,11,25H,10H2,1H3,(H,22,26)(H,21,24,27)/b20-11-. The Labute approximate surface area is 170 Å². The molecule has 0 atom stereocenters. The van der Waals surface area contributed by atoms with Crippen LogP contribution in [0.1, 0.15) is 20.9 Å². The summed E-state index contributed by atoms with van der Waals surface area (Å²) >= 11 is 1.11. The quantitative estimate of drug-likeness (QED) is 0.404. The largest absolute Gasteiger partial charge is 0.504 e. The fourth-order valence-electron chi connectivity index (χ4n) is 2.26. The van der Waals surface area contributed by atoms with E-state index < -0.39 is 0 Å². The Bertz CT molecular complexity index is 1040. The zero-order valence-corrected chi connectivity index (χ0v) is 16.1. The average Bonchev–Trinajstić information content (AvgIpc) is 3.16. The van der Waals surface area contributed by atoms with Crippen molar-refractivity contribution in [2.45, 2.75) is 6.42 Å². The molecule has 0 unspecified atom stereocenters. The van der Waals surface area contributed by atoms with Crippen molar-refractivity contribution in [1.82, 2.24) is 15.6 Å². The molecular formula is C19H17N5O4S. The van der Waals surface area contributed by atoms with Crippen LogP contribution in [0.25, 0.3) is 0 Å². The molecule has 2 amide bonds. The van der Waals surface area contributed by atoms with Crippen LogP contribution in [-0.4, -0.2) is 40.4 Å². The predicted molar refractivity (Wildman–Crippen MR) is 108 cm³/mol. The van der Waals surface area contributed by atoms with E-state index in [9.17, 15) is 14.7 Å². The summed E-state index contributed by atoms with van der Waals surface area (Å²) < 4.78 is 5.01. The van der Waals surface area contributed by atoms with Crippen LogP contribution in [0.4, 0.5) is 5.13 Å². The molecule has 10 heteroatoms. The molecule has 0 aliphatic rings. The van der Waals surface area contributed by atoms with E-state index in [1.165, 1.54) is 19.4 Å². The van der Waals surface area contributed by atoms with Gasteiger partial charge in [0.05, 0.1) is 19.7 Å². The summed E-state index contributed by atoms with van der Waals surface area (Å²) in [5.74, 6) is -0.366. The van der Waals surface area contributed by atoms with Crippen LogP contribution in [0.5, 0.6) is 11.5 Å². The molecule has 1 heterocycles. The van der Waals surface area contributed by atoms with Gasteiger partial charge in [-0.1, -0.05) is 29.5 Å². The van der Waals surface area contributed by atoms with E-state index >= 15 is 0 Å². The van der Waals surface area contributed by atoms with Crippen molar-refractivity contribution in [2.24, 2.45) is 5.10 Å². The monoisotopic (exact) mass is 411 g/mol. The van der Waals surface area contributed by atoms with Crippen molar-refractivity contribution >= 4 is 34.5 Å². The smallest absolute Gasteiger partial charge is 0.257 e. The maximum absolute atomic E-state index is 12.1. The number of methoxy groups -OCH3 is 1. The maximum atomic E-state index is 12.1. The molecule has 0 aliphatic carbocycles. The van der Waals surface area contributed by atoms with Crippen molar-refractivity contribution in [3.8, 4) is 11.5 Å². The summed E-state index contributed by atoms with van der Waals surface area (Å²) in [7, 11) is 1.44. The van der Waals surface area contributed by atoms with Gasteiger partial charge in [-0.15, -0.1) is 10.2 Å². The molecule has 148 valence electrons. The summed E-state index contributed by atoms with van der Waals surface area (Å²) in [6, 6.07) is 13.4. The van der Waals surface area contributed by atoms with E-state index in [4.69, 9.17) is 4.74 Å². The van der Waals surface area contributed by atoms with Gasteiger partial charge in [-0.05, 0) is 35.9 Å². The van der Waals surface area contributed by atoms with Gasteiger partial charge in [0.25, 0.3) is 5.91 Å². The summed E-state index contributed by atoms with van der Waals surface area (Å²) in [6.45, 7) is 0. The second-order valence-corrected chi connectivity index (χ2v) is 6.78. The lowest BCUT2D eigenvalue weighted by molar-refractivity contribution is -0.120. The van der Waals surface area contributed by atoms with Gasteiger partial charge in [-0.2, -0.15) is 5.10 Å². The fraction of sp³-hybridized carbons (Fsp3) is 0.105. The number of carbonyl (C=O) groups excluding carboxylic acids is 2. The number of ether oxygens (including phenoxy) is 1. The van der Waals surface area contributed by atoms with E-state index in [1.807, 2.05) is 6.07 Å². The van der Waals surface area contributed by atoms with Crippen molar-refractivity contribution in [1.29, 1.82) is 0 Å². The molecule has 29 heavy (non-hydrogen) atoms. The number of rotatable bonds is 7. The first kappa shape index (κ1) is 20.0. The average molecular weight is 411 g/mol. The number of benzene rings is 2. The SMILES string of the molecule is COc1cc(/C=N\NC(=O)Cc2nnc(NC(=O)c3ccccc3)s2)ccc1O. The van der Waals surface area contributed by atoms with Gasteiger partial charge in [0.15, 0.2) is 11.5 Å². The minimum atomic E-state index is -0.385. The number of phenolic OH excluding ortho intramolecular Hbond substituents is 1. The van der Waals surface area contributed by atoms with E-state index in [2.05, 4.69) is 26.0 Å². The van der Waals surface area contributed by atoms with E-state index in [0.29, 0.717) is 27.0 Å². The van der Waals surface area contributed by atoms with Crippen molar-refractivity contribution < 1.29 is 19.4 Å². The van der Waals surface area contributed by atoms with Gasteiger partial charge < -0.3 is 9.84 Å². The Balaban J connectivity index is 1.52. The normalized spacial score (nSPS) is 10.7. The van der Waals surface area contributed by atoms with Crippen LogP contribution in [0.15, 0.2) is 53.6 Å². The molecule has 3 rings (SSSR count). The summed E-state index contributed by atoms with van der Waals surface area (Å²) in [5.41, 5.74) is 3.53. The first-order valence-corrected chi connectivity index (χ1v) is 9.24. The molecule has 3 aromatic rings. The third-order valence-electron chi connectivity index (χ3n) is 3.64. The minimum absolute atomic E-state index is 0.0140. The van der Waals surface area contributed by atoms with Gasteiger partial charge in [-0.25, -0.2) is 5.43 Å². The molecule has 0 bridgehead atoms. The van der Waals surface area contributed by atoms with Crippen LogP contribution in [0.2, 0.25) is 0 Å². The van der Waals surface area contributed by atoms with Gasteiger partial charge in [0.2, 0.25) is 11.0 Å². The van der Waals surface area contributed by atoms with Crippen molar-refractivity contribution in [2.75, 3.05) is 12.4 Å². The highest BCUT2D eigenvalue weighted by atomic mass is 32.1. The molecule has 2 aromatic carbocycles. The Kier molecular flexibility index (Phi) is 6.48. The molecule has 0 radical (unpaired) electrons. The number of hydrazone groups is 1. The van der Waals surface area contributed by atoms with Gasteiger partial charge in [0, 0.05) is 5.56 Å².